The van der Waals surface area contributed by atoms with E-state index < -0.39 is 10.9 Å². The van der Waals surface area contributed by atoms with E-state index in [0.29, 0.717) is 10.6 Å². The first-order chi connectivity index (χ1) is 5.56. The fourth-order valence-corrected chi connectivity index (χ4v) is 1.42. The van der Waals surface area contributed by atoms with Crippen LogP contribution in [0, 0.1) is 0 Å². The van der Waals surface area contributed by atoms with Gasteiger partial charge >= 0.3 is 0 Å². The summed E-state index contributed by atoms with van der Waals surface area (Å²) in [5.41, 5.74) is 5.99. The molecule has 0 unspecified atom stereocenters. The third kappa shape index (κ3) is 1.89. The van der Waals surface area contributed by atoms with Crippen molar-refractivity contribution in [2.75, 3.05) is 12.8 Å². The van der Waals surface area contributed by atoms with Crippen LogP contribution in [0.2, 0.25) is 0 Å². The predicted molar refractivity (Wildman–Crippen MR) is 49.0 cm³/mol. The fourth-order valence-electron chi connectivity index (χ4n) is 0.741. The summed E-state index contributed by atoms with van der Waals surface area (Å²) in [5, 5.41) is 0. The van der Waals surface area contributed by atoms with Crippen LogP contribution in [0.5, 0.6) is 0 Å². The van der Waals surface area contributed by atoms with Crippen molar-refractivity contribution in [1.29, 1.82) is 0 Å². The molecular weight excluding hydrogens is 178 g/mol. The molecule has 1 rings (SSSR count). The van der Waals surface area contributed by atoms with Gasteiger partial charge in [0, 0.05) is 5.69 Å². The first-order valence-corrected chi connectivity index (χ1v) is 4.73. The molecule has 5 heteroatoms. The summed E-state index contributed by atoms with van der Waals surface area (Å²) >= 11 is 0. The average molecular weight is 189 g/mol. The Morgan fingerprint density at radius 2 is 1.75 bits per heavy atom. The lowest BCUT2D eigenvalue weighted by molar-refractivity contribution is 0.318. The van der Waals surface area contributed by atoms with E-state index in [1.54, 1.807) is 12.1 Å². The molecule has 0 saturated heterocycles. The largest absolute Gasteiger partial charge is 0.399 e. The number of benzene rings is 1. The van der Waals surface area contributed by atoms with Crippen LogP contribution < -0.4 is 5.73 Å². The zero-order valence-corrected chi connectivity index (χ0v) is 7.41. The van der Waals surface area contributed by atoms with E-state index >= 15 is 0 Å². The molecule has 0 radical (unpaired) electrons. The quantitative estimate of drug-likeness (QED) is 0.621. The summed E-state index contributed by atoms with van der Waals surface area (Å²) in [4.78, 5) is 0.333. The molecule has 0 bridgehead atoms. The maximum Gasteiger partial charge on any atom is 0.115 e. The van der Waals surface area contributed by atoms with Crippen molar-refractivity contribution in [3.8, 4) is 0 Å². The first-order valence-electron chi connectivity index (χ1n) is 3.25. The lowest BCUT2D eigenvalue weighted by atomic mass is 10.3. The number of hydrogen-bond acceptors (Lipinski definition) is 4. The summed E-state index contributed by atoms with van der Waals surface area (Å²) in [6.45, 7) is 0. The zero-order valence-electron chi connectivity index (χ0n) is 6.60. The lowest BCUT2D eigenvalue weighted by Crippen LogP contribution is -1.99. The minimum Gasteiger partial charge on any atom is -0.399 e. The minimum absolute atomic E-state index is 0.333. The molecule has 1 aromatic carbocycles. The number of rotatable bonds is 2. The van der Waals surface area contributed by atoms with Gasteiger partial charge in [-0.25, -0.2) is 0 Å². The zero-order chi connectivity index (χ0) is 9.19. The molecule has 1 aromatic rings. The van der Waals surface area contributed by atoms with Crippen molar-refractivity contribution in [1.82, 2.24) is 0 Å². The Hall–Kier alpha value is -0.750. The van der Waals surface area contributed by atoms with E-state index in [2.05, 4.69) is 4.18 Å². The Labute approximate surface area is 72.5 Å². The van der Waals surface area contributed by atoms with Crippen LogP contribution in [0.15, 0.2) is 29.2 Å². The van der Waals surface area contributed by atoms with E-state index in [9.17, 15) is 9.11 Å². The van der Waals surface area contributed by atoms with Gasteiger partial charge in [0.05, 0.1) is 12.0 Å². The topological polar surface area (TPSA) is 75.7 Å². The van der Waals surface area contributed by atoms with Gasteiger partial charge in [-0.05, 0) is 24.3 Å². The molecule has 0 atom stereocenters. The highest BCUT2D eigenvalue weighted by molar-refractivity contribution is 8.20. The second-order valence-corrected chi connectivity index (χ2v) is 4.03. The molecule has 68 valence electrons. The summed E-state index contributed by atoms with van der Waals surface area (Å²) in [5.74, 6) is 0. The van der Waals surface area contributed by atoms with Crippen molar-refractivity contribution in [3.63, 3.8) is 0 Å². The Balaban J connectivity index is 2.96. The number of hydrogen-bond donors (Lipinski definition) is 3. The molecular formula is C7H11NO3S. The first kappa shape index (κ1) is 9.34. The van der Waals surface area contributed by atoms with Gasteiger partial charge in [-0.1, -0.05) is 0 Å². The van der Waals surface area contributed by atoms with Gasteiger partial charge in [0.1, 0.15) is 10.9 Å². The van der Waals surface area contributed by atoms with Gasteiger partial charge in [0.15, 0.2) is 0 Å². The summed E-state index contributed by atoms with van der Waals surface area (Å²) in [7, 11) is -1.83. The van der Waals surface area contributed by atoms with Gasteiger partial charge in [0.2, 0.25) is 0 Å². The maximum atomic E-state index is 9.26. The van der Waals surface area contributed by atoms with Crippen molar-refractivity contribution < 1.29 is 13.3 Å². The molecule has 0 saturated carbocycles. The SMILES string of the molecule is COS(O)(O)c1ccc(N)cc1. The Bertz CT molecular complexity index is 260. The summed E-state index contributed by atoms with van der Waals surface area (Å²) in [6, 6.07) is 6.22. The van der Waals surface area contributed by atoms with Gasteiger partial charge in [0.25, 0.3) is 0 Å². The van der Waals surface area contributed by atoms with Gasteiger partial charge in [-0.2, -0.15) is 0 Å². The molecule has 0 heterocycles. The standard InChI is InChI=1S/C7H11NO3S/c1-11-12(9,10)7-4-2-6(8)3-5-7/h2-5,9-10H,8H2,1H3. The third-order valence-corrected chi connectivity index (χ3v) is 2.77. The van der Waals surface area contributed by atoms with E-state index in [-0.39, 0.29) is 0 Å². The third-order valence-electron chi connectivity index (χ3n) is 1.42. The fraction of sp³-hybridized carbons (Fsp3) is 0.143. The maximum absolute atomic E-state index is 9.26. The average Bonchev–Trinajstić information content (AvgIpc) is 2.05. The van der Waals surface area contributed by atoms with Gasteiger partial charge in [-0.15, -0.1) is 0 Å². The van der Waals surface area contributed by atoms with Crippen molar-refractivity contribution in [2.45, 2.75) is 4.90 Å². The van der Waals surface area contributed by atoms with E-state index in [1.165, 1.54) is 19.2 Å². The van der Waals surface area contributed by atoms with Crippen molar-refractivity contribution >= 4 is 16.6 Å². The molecule has 0 fully saturated rings. The van der Waals surface area contributed by atoms with Gasteiger partial charge < -0.3 is 14.8 Å². The van der Waals surface area contributed by atoms with Crippen LogP contribution in [0.4, 0.5) is 5.69 Å². The summed E-state index contributed by atoms with van der Waals surface area (Å²) in [6.07, 6.45) is 0. The molecule has 12 heavy (non-hydrogen) atoms. The number of nitrogen functional groups attached to an aromatic ring is 1. The van der Waals surface area contributed by atoms with Crippen molar-refractivity contribution in [2.24, 2.45) is 0 Å². The van der Waals surface area contributed by atoms with Gasteiger partial charge in [-0.3, -0.25) is 4.18 Å². The molecule has 0 aromatic heterocycles. The molecule has 0 aliphatic rings. The van der Waals surface area contributed by atoms with Crippen molar-refractivity contribution in [3.05, 3.63) is 24.3 Å². The molecule has 4 N–H and O–H groups in total. The molecule has 0 aliphatic carbocycles. The monoisotopic (exact) mass is 189 g/mol. The Kier molecular flexibility index (Phi) is 2.58. The van der Waals surface area contributed by atoms with Crippen LogP contribution in [-0.2, 0) is 4.18 Å². The Morgan fingerprint density at radius 3 is 2.17 bits per heavy atom. The second kappa shape index (κ2) is 3.32. The van der Waals surface area contributed by atoms with Crippen LogP contribution in [-0.4, -0.2) is 16.2 Å². The van der Waals surface area contributed by atoms with E-state index in [1.807, 2.05) is 0 Å². The second-order valence-electron chi connectivity index (χ2n) is 2.23. The highest BCUT2D eigenvalue weighted by Gasteiger charge is 2.17. The van der Waals surface area contributed by atoms with Crippen LogP contribution >= 0.6 is 10.9 Å². The highest BCUT2D eigenvalue weighted by atomic mass is 32.3. The molecule has 0 spiro atoms. The molecule has 0 amide bonds. The van der Waals surface area contributed by atoms with Crippen LogP contribution in [0.25, 0.3) is 0 Å². The van der Waals surface area contributed by atoms with Crippen LogP contribution in [0.1, 0.15) is 0 Å². The highest BCUT2D eigenvalue weighted by Crippen LogP contribution is 2.48. The Morgan fingerprint density at radius 1 is 1.25 bits per heavy atom. The van der Waals surface area contributed by atoms with Crippen LogP contribution in [0.3, 0.4) is 0 Å². The number of nitrogens with two attached hydrogens (primary N) is 1. The van der Waals surface area contributed by atoms with E-state index in [4.69, 9.17) is 5.73 Å². The summed E-state index contributed by atoms with van der Waals surface area (Å²) < 4.78 is 23.0. The molecule has 4 nitrogen and oxygen atoms in total. The predicted octanol–water partition coefficient (Wildman–Crippen LogP) is 1.94. The van der Waals surface area contributed by atoms with E-state index in [0.717, 1.165) is 0 Å². The number of anilines is 1. The smallest absolute Gasteiger partial charge is 0.115 e. The lowest BCUT2D eigenvalue weighted by Gasteiger charge is -2.24. The minimum atomic E-state index is -3.07. The normalized spacial score (nSPS) is 12.9. The molecule has 0 aliphatic heterocycles.